The molecule has 6 nitrogen and oxygen atoms in total. The first kappa shape index (κ1) is 18.5. The Hall–Kier alpha value is -3.85. The van der Waals surface area contributed by atoms with Crippen molar-refractivity contribution in [3.8, 4) is 34.4 Å². The number of aromatic amines is 1. The lowest BCUT2D eigenvalue weighted by atomic mass is 10.0. The molecule has 0 bridgehead atoms. The third-order valence-electron chi connectivity index (χ3n) is 4.79. The molecular weight excluding hydrogens is 364 g/mol. The monoisotopic (exact) mass is 384 g/mol. The van der Waals surface area contributed by atoms with Crippen LogP contribution in [0.15, 0.2) is 48.7 Å². The van der Waals surface area contributed by atoms with Gasteiger partial charge in [-0.25, -0.2) is 0 Å². The van der Waals surface area contributed by atoms with Crippen molar-refractivity contribution in [3.63, 3.8) is 0 Å². The van der Waals surface area contributed by atoms with Crippen molar-refractivity contribution in [2.75, 3.05) is 6.54 Å². The minimum absolute atomic E-state index is 0.0365. The van der Waals surface area contributed by atoms with E-state index >= 15 is 0 Å². The highest BCUT2D eigenvalue weighted by Crippen LogP contribution is 2.27. The first-order valence-corrected chi connectivity index (χ1v) is 9.40. The second-order valence-corrected chi connectivity index (χ2v) is 6.77. The smallest absolute Gasteiger partial charge is 0.296 e. The van der Waals surface area contributed by atoms with E-state index in [0.29, 0.717) is 18.7 Å². The van der Waals surface area contributed by atoms with Gasteiger partial charge in [-0.2, -0.15) is 0 Å². The van der Waals surface area contributed by atoms with Crippen LogP contribution in [0.3, 0.4) is 0 Å². The number of hydrogen-bond donors (Lipinski definition) is 3. The van der Waals surface area contributed by atoms with Gasteiger partial charge in [0.15, 0.2) is 0 Å². The van der Waals surface area contributed by atoms with Crippen LogP contribution < -0.4 is 10.6 Å². The number of rotatable bonds is 4. The van der Waals surface area contributed by atoms with Gasteiger partial charge in [0.05, 0.1) is 11.3 Å². The summed E-state index contributed by atoms with van der Waals surface area (Å²) in [5.74, 6) is 4.72. The highest BCUT2D eigenvalue weighted by atomic mass is 16.2. The number of aromatic nitrogens is 2. The highest BCUT2D eigenvalue weighted by Gasteiger charge is 2.20. The molecule has 144 valence electrons. The molecule has 4 rings (SSSR count). The van der Waals surface area contributed by atoms with E-state index in [1.807, 2.05) is 42.5 Å². The van der Waals surface area contributed by atoms with Crippen LogP contribution in [0.25, 0.3) is 22.5 Å². The van der Waals surface area contributed by atoms with E-state index in [9.17, 15) is 9.59 Å². The van der Waals surface area contributed by atoms with Crippen LogP contribution in [0.5, 0.6) is 0 Å². The third kappa shape index (κ3) is 4.04. The maximum Gasteiger partial charge on any atom is 0.296 e. The van der Waals surface area contributed by atoms with Crippen molar-refractivity contribution in [1.82, 2.24) is 20.6 Å². The van der Waals surface area contributed by atoms with Crippen LogP contribution in [0.1, 0.15) is 28.5 Å². The van der Waals surface area contributed by atoms with Crippen LogP contribution in [-0.4, -0.2) is 28.3 Å². The lowest BCUT2D eigenvalue weighted by Crippen LogP contribution is -2.31. The number of nitrogens with zero attached hydrogens (tertiary/aromatic N) is 1. The Bertz CT molecular complexity index is 1150. The summed E-state index contributed by atoms with van der Waals surface area (Å²) in [6.07, 6.45) is 2.56. The Balaban J connectivity index is 1.59. The summed E-state index contributed by atoms with van der Waals surface area (Å²) in [6, 6.07) is 13.7. The van der Waals surface area contributed by atoms with Gasteiger partial charge in [-0.1, -0.05) is 24.1 Å². The first-order chi connectivity index (χ1) is 14.1. The fourth-order valence-electron chi connectivity index (χ4n) is 3.39. The van der Waals surface area contributed by atoms with E-state index in [4.69, 9.17) is 0 Å². The van der Waals surface area contributed by atoms with E-state index in [2.05, 4.69) is 32.4 Å². The number of carbonyl (C=O) groups excluding carboxylic acids is 2. The standard InChI is InChI=1S/C23H20N4O2/c1-2-4-22(28)26-14-15-5-3-6-16(11-15)20-12-17(7-9-24-20)21-13-18-19(27-21)8-10-25-23(18)29/h3,5-7,9,11-13,27H,8,10,14H2,1H3,(H,25,29)(H,26,28). The summed E-state index contributed by atoms with van der Waals surface area (Å²) in [4.78, 5) is 31.4. The molecule has 0 unspecified atom stereocenters. The fraction of sp³-hybridized carbons (Fsp3) is 0.174. The van der Waals surface area contributed by atoms with E-state index in [-0.39, 0.29) is 11.8 Å². The van der Waals surface area contributed by atoms with Crippen molar-refractivity contribution in [3.05, 3.63) is 65.5 Å². The number of nitrogens with one attached hydrogen (secondary N) is 3. The Kier molecular flexibility index (Phi) is 5.12. The second kappa shape index (κ2) is 8.03. The molecule has 0 spiro atoms. The van der Waals surface area contributed by atoms with E-state index in [1.54, 1.807) is 13.1 Å². The van der Waals surface area contributed by atoms with Crippen molar-refractivity contribution >= 4 is 11.8 Å². The summed E-state index contributed by atoms with van der Waals surface area (Å²) in [6.45, 7) is 2.69. The lowest BCUT2D eigenvalue weighted by Gasteiger charge is -2.11. The average Bonchev–Trinajstić information content (AvgIpc) is 3.19. The van der Waals surface area contributed by atoms with Gasteiger partial charge in [-0.05, 0) is 42.7 Å². The van der Waals surface area contributed by atoms with Gasteiger partial charge < -0.3 is 15.6 Å². The van der Waals surface area contributed by atoms with Crippen molar-refractivity contribution in [1.29, 1.82) is 0 Å². The molecule has 0 radical (unpaired) electrons. The summed E-state index contributed by atoms with van der Waals surface area (Å²) >= 11 is 0. The number of fused-ring (bicyclic) bond motifs is 1. The molecule has 1 aliphatic rings. The maximum absolute atomic E-state index is 12.0. The average molecular weight is 384 g/mol. The minimum atomic E-state index is -0.294. The summed E-state index contributed by atoms with van der Waals surface area (Å²) < 4.78 is 0. The fourth-order valence-corrected chi connectivity index (χ4v) is 3.39. The van der Waals surface area contributed by atoms with Crippen LogP contribution >= 0.6 is 0 Å². The second-order valence-electron chi connectivity index (χ2n) is 6.77. The molecule has 3 N–H and O–H groups in total. The topological polar surface area (TPSA) is 86.9 Å². The van der Waals surface area contributed by atoms with Crippen molar-refractivity contribution in [2.45, 2.75) is 19.9 Å². The molecule has 2 aromatic heterocycles. The minimum Gasteiger partial charge on any atom is -0.358 e. The molecule has 0 saturated carbocycles. The van der Waals surface area contributed by atoms with E-state index in [0.717, 1.165) is 40.2 Å². The summed E-state index contributed by atoms with van der Waals surface area (Å²) in [7, 11) is 0. The van der Waals surface area contributed by atoms with E-state index in [1.165, 1.54) is 0 Å². The predicted octanol–water partition coefficient (Wildman–Crippen LogP) is 2.67. The van der Waals surface area contributed by atoms with Crippen LogP contribution in [0.4, 0.5) is 0 Å². The highest BCUT2D eigenvalue weighted by molar-refractivity contribution is 5.97. The number of H-pyrrole nitrogens is 1. The normalized spacial score (nSPS) is 12.4. The number of benzene rings is 1. The van der Waals surface area contributed by atoms with Crippen molar-refractivity contribution < 1.29 is 9.59 Å². The van der Waals surface area contributed by atoms with Crippen LogP contribution in [0.2, 0.25) is 0 Å². The van der Waals surface area contributed by atoms with E-state index < -0.39 is 0 Å². The zero-order valence-electron chi connectivity index (χ0n) is 16.0. The number of carbonyl (C=O) groups is 2. The molecular formula is C23H20N4O2. The predicted molar refractivity (Wildman–Crippen MR) is 111 cm³/mol. The number of amides is 2. The zero-order chi connectivity index (χ0) is 20.2. The molecule has 0 aliphatic carbocycles. The molecule has 0 atom stereocenters. The van der Waals surface area contributed by atoms with Crippen LogP contribution in [0, 0.1) is 11.8 Å². The number of pyridine rings is 1. The summed E-state index contributed by atoms with van der Waals surface area (Å²) in [5, 5.41) is 5.64. The van der Waals surface area contributed by atoms with Gasteiger partial charge in [-0.15, -0.1) is 0 Å². The van der Waals surface area contributed by atoms with Crippen LogP contribution in [-0.2, 0) is 17.8 Å². The molecule has 3 heterocycles. The molecule has 0 saturated heterocycles. The third-order valence-corrected chi connectivity index (χ3v) is 4.79. The molecule has 2 amide bonds. The van der Waals surface area contributed by atoms with Gasteiger partial charge in [0.2, 0.25) is 0 Å². The Morgan fingerprint density at radius 3 is 2.93 bits per heavy atom. The van der Waals surface area contributed by atoms with Gasteiger partial charge in [-0.3, -0.25) is 14.6 Å². The zero-order valence-corrected chi connectivity index (χ0v) is 16.0. The quantitative estimate of drug-likeness (QED) is 0.605. The Morgan fingerprint density at radius 1 is 1.21 bits per heavy atom. The van der Waals surface area contributed by atoms with Crippen molar-refractivity contribution in [2.24, 2.45) is 0 Å². The van der Waals surface area contributed by atoms with Gasteiger partial charge in [0.1, 0.15) is 0 Å². The molecule has 6 heteroatoms. The largest absolute Gasteiger partial charge is 0.358 e. The van der Waals surface area contributed by atoms with Gasteiger partial charge in [0.25, 0.3) is 11.8 Å². The maximum atomic E-state index is 12.0. The van der Waals surface area contributed by atoms with Gasteiger partial charge >= 0.3 is 0 Å². The molecule has 1 aliphatic heterocycles. The molecule has 1 aromatic carbocycles. The summed E-state index contributed by atoms with van der Waals surface area (Å²) in [5.41, 5.74) is 6.28. The first-order valence-electron chi connectivity index (χ1n) is 9.40. The van der Waals surface area contributed by atoms with Gasteiger partial charge in [0, 0.05) is 48.2 Å². The number of hydrogen-bond acceptors (Lipinski definition) is 3. The molecule has 0 fully saturated rings. The Morgan fingerprint density at radius 2 is 2.10 bits per heavy atom. The molecule has 3 aromatic rings. The SMILES string of the molecule is CC#CC(=O)NCc1cccc(-c2cc(-c3cc4c([nH]3)CCNC4=O)ccn2)c1. The Labute approximate surface area is 168 Å². The molecule has 29 heavy (non-hydrogen) atoms. The lowest BCUT2D eigenvalue weighted by molar-refractivity contribution is -0.115.